The summed E-state index contributed by atoms with van der Waals surface area (Å²) in [6.07, 6.45) is 3.32. The fraction of sp³-hybridized carbons (Fsp3) is 0.462. The fourth-order valence-electron chi connectivity index (χ4n) is 1.53. The summed E-state index contributed by atoms with van der Waals surface area (Å²) in [6, 6.07) is 5.90. The minimum absolute atomic E-state index is 0.607. The first-order chi connectivity index (χ1) is 7.81. The van der Waals surface area contributed by atoms with Crippen LogP contribution in [0.5, 0.6) is 11.5 Å². The largest absolute Gasteiger partial charge is 0.493 e. The number of aldehydes is 1. The molecule has 0 aliphatic heterocycles. The van der Waals surface area contributed by atoms with Crippen molar-refractivity contribution in [1.29, 1.82) is 0 Å². The maximum atomic E-state index is 10.2. The number of aryl methyl sites for hydroxylation is 1. The molecule has 0 saturated heterocycles. The Balaban J connectivity index is 2.70. The zero-order chi connectivity index (χ0) is 11.8. The Kier molecular flexibility index (Phi) is 5.40. The molecule has 0 aliphatic carbocycles. The lowest BCUT2D eigenvalue weighted by Crippen LogP contribution is -1.96. The average Bonchev–Trinajstić information content (AvgIpc) is 2.31. The van der Waals surface area contributed by atoms with Gasteiger partial charge in [-0.1, -0.05) is 6.07 Å². The van der Waals surface area contributed by atoms with Crippen molar-refractivity contribution in [2.75, 3.05) is 13.7 Å². The number of methoxy groups -OCH3 is 1. The summed E-state index contributed by atoms with van der Waals surface area (Å²) in [7, 11) is 1.63. The summed E-state index contributed by atoms with van der Waals surface area (Å²) in [4.78, 5) is 10.2. The van der Waals surface area contributed by atoms with Gasteiger partial charge >= 0.3 is 0 Å². The standard InChI is InChI=1S/C13H18O3/c1-3-16-12-8-7-11(6-4-5-9-14)10-13(12)15-2/h7-10H,3-6H2,1-2H3. The van der Waals surface area contributed by atoms with Crippen molar-refractivity contribution in [2.45, 2.75) is 26.2 Å². The molecule has 1 aromatic rings. The normalized spacial score (nSPS) is 9.88. The Bertz CT molecular complexity index is 334. The smallest absolute Gasteiger partial charge is 0.161 e. The number of unbranched alkanes of at least 4 members (excludes halogenated alkanes) is 1. The molecule has 1 aromatic carbocycles. The highest BCUT2D eigenvalue weighted by Gasteiger charge is 2.04. The van der Waals surface area contributed by atoms with Crippen LogP contribution in [0.4, 0.5) is 0 Å². The van der Waals surface area contributed by atoms with Gasteiger partial charge in [-0.25, -0.2) is 0 Å². The van der Waals surface area contributed by atoms with E-state index in [2.05, 4.69) is 0 Å². The van der Waals surface area contributed by atoms with Gasteiger partial charge in [-0.2, -0.15) is 0 Å². The third kappa shape index (κ3) is 3.57. The van der Waals surface area contributed by atoms with Crippen LogP contribution in [-0.4, -0.2) is 20.0 Å². The number of benzene rings is 1. The van der Waals surface area contributed by atoms with Crippen LogP contribution in [-0.2, 0) is 11.2 Å². The van der Waals surface area contributed by atoms with Crippen LogP contribution in [0.1, 0.15) is 25.3 Å². The highest BCUT2D eigenvalue weighted by Crippen LogP contribution is 2.28. The molecule has 0 heterocycles. The first kappa shape index (κ1) is 12.6. The molecule has 0 N–H and O–H groups in total. The highest BCUT2D eigenvalue weighted by atomic mass is 16.5. The van der Waals surface area contributed by atoms with Gasteiger partial charge in [0, 0.05) is 6.42 Å². The molecule has 0 saturated carbocycles. The Labute approximate surface area is 96.4 Å². The second kappa shape index (κ2) is 6.88. The fourth-order valence-corrected chi connectivity index (χ4v) is 1.53. The van der Waals surface area contributed by atoms with E-state index in [1.165, 1.54) is 5.56 Å². The summed E-state index contributed by atoms with van der Waals surface area (Å²) in [5.41, 5.74) is 1.17. The molecule has 0 radical (unpaired) electrons. The highest BCUT2D eigenvalue weighted by molar-refractivity contribution is 5.49. The molecular weight excluding hydrogens is 204 g/mol. The van der Waals surface area contributed by atoms with Gasteiger partial charge in [0.15, 0.2) is 11.5 Å². The van der Waals surface area contributed by atoms with E-state index in [1.807, 2.05) is 25.1 Å². The van der Waals surface area contributed by atoms with Crippen LogP contribution in [0, 0.1) is 0 Å². The van der Waals surface area contributed by atoms with Gasteiger partial charge in [0.1, 0.15) is 6.29 Å². The number of hydrogen-bond donors (Lipinski definition) is 0. The zero-order valence-electron chi connectivity index (χ0n) is 9.86. The molecule has 3 heteroatoms. The van der Waals surface area contributed by atoms with E-state index >= 15 is 0 Å². The van der Waals surface area contributed by atoms with E-state index in [4.69, 9.17) is 9.47 Å². The van der Waals surface area contributed by atoms with Crippen LogP contribution in [0.15, 0.2) is 18.2 Å². The molecule has 1 rings (SSSR count). The quantitative estimate of drug-likeness (QED) is 0.525. The zero-order valence-corrected chi connectivity index (χ0v) is 9.86. The number of ether oxygens (including phenoxy) is 2. The summed E-state index contributed by atoms with van der Waals surface area (Å²) in [5.74, 6) is 1.52. The van der Waals surface area contributed by atoms with Crippen molar-refractivity contribution >= 4 is 6.29 Å². The first-order valence-corrected chi connectivity index (χ1v) is 5.55. The molecule has 0 amide bonds. The van der Waals surface area contributed by atoms with Gasteiger partial charge in [0.2, 0.25) is 0 Å². The summed E-state index contributed by atoms with van der Waals surface area (Å²) < 4.78 is 10.7. The molecule has 0 unspecified atom stereocenters. The first-order valence-electron chi connectivity index (χ1n) is 5.55. The van der Waals surface area contributed by atoms with E-state index in [0.717, 1.165) is 30.6 Å². The maximum absolute atomic E-state index is 10.2. The Hall–Kier alpha value is -1.51. The molecule has 0 fully saturated rings. The van der Waals surface area contributed by atoms with Gasteiger partial charge in [-0.05, 0) is 37.5 Å². The molecule has 0 spiro atoms. The predicted molar refractivity (Wildman–Crippen MR) is 63.2 cm³/mol. The van der Waals surface area contributed by atoms with Crippen molar-refractivity contribution in [2.24, 2.45) is 0 Å². The van der Waals surface area contributed by atoms with Crippen LogP contribution < -0.4 is 9.47 Å². The topological polar surface area (TPSA) is 35.5 Å². The lowest BCUT2D eigenvalue weighted by Gasteiger charge is -2.10. The van der Waals surface area contributed by atoms with E-state index in [1.54, 1.807) is 7.11 Å². The number of hydrogen-bond acceptors (Lipinski definition) is 3. The lowest BCUT2D eigenvalue weighted by atomic mass is 10.1. The van der Waals surface area contributed by atoms with Gasteiger partial charge in [-0.15, -0.1) is 0 Å². The SMILES string of the molecule is CCOc1ccc(CCCC=O)cc1OC. The second-order valence-electron chi connectivity index (χ2n) is 3.48. The monoisotopic (exact) mass is 222 g/mol. The average molecular weight is 222 g/mol. The van der Waals surface area contributed by atoms with Crippen molar-refractivity contribution in [3.63, 3.8) is 0 Å². The molecule has 0 aliphatic rings. The van der Waals surface area contributed by atoms with Crippen LogP contribution in [0.25, 0.3) is 0 Å². The predicted octanol–water partition coefficient (Wildman–Crippen LogP) is 2.62. The minimum Gasteiger partial charge on any atom is -0.493 e. The third-order valence-electron chi connectivity index (χ3n) is 2.32. The third-order valence-corrected chi connectivity index (χ3v) is 2.32. The molecule has 88 valence electrons. The molecule has 0 bridgehead atoms. The molecule has 16 heavy (non-hydrogen) atoms. The Morgan fingerprint density at radius 1 is 1.31 bits per heavy atom. The number of carbonyl (C=O) groups excluding carboxylic acids is 1. The van der Waals surface area contributed by atoms with Crippen LogP contribution in [0.3, 0.4) is 0 Å². The minimum atomic E-state index is 0.607. The molecular formula is C13H18O3. The van der Waals surface area contributed by atoms with Gasteiger partial charge < -0.3 is 14.3 Å². The van der Waals surface area contributed by atoms with Crippen molar-refractivity contribution < 1.29 is 14.3 Å². The van der Waals surface area contributed by atoms with Gasteiger partial charge in [0.05, 0.1) is 13.7 Å². The molecule has 0 aromatic heterocycles. The summed E-state index contributed by atoms with van der Waals surface area (Å²) >= 11 is 0. The van der Waals surface area contributed by atoms with Crippen molar-refractivity contribution in [3.05, 3.63) is 23.8 Å². The molecule has 3 nitrogen and oxygen atoms in total. The van der Waals surface area contributed by atoms with E-state index in [0.29, 0.717) is 13.0 Å². The maximum Gasteiger partial charge on any atom is 0.161 e. The van der Waals surface area contributed by atoms with Crippen LogP contribution in [0.2, 0.25) is 0 Å². The number of rotatable bonds is 7. The van der Waals surface area contributed by atoms with E-state index in [9.17, 15) is 4.79 Å². The van der Waals surface area contributed by atoms with Crippen molar-refractivity contribution in [1.82, 2.24) is 0 Å². The Morgan fingerprint density at radius 3 is 2.75 bits per heavy atom. The van der Waals surface area contributed by atoms with Crippen molar-refractivity contribution in [3.8, 4) is 11.5 Å². The van der Waals surface area contributed by atoms with Crippen LogP contribution >= 0.6 is 0 Å². The summed E-state index contributed by atoms with van der Waals surface area (Å²) in [6.45, 7) is 2.57. The van der Waals surface area contributed by atoms with E-state index < -0.39 is 0 Å². The van der Waals surface area contributed by atoms with E-state index in [-0.39, 0.29) is 0 Å². The molecule has 0 atom stereocenters. The van der Waals surface area contributed by atoms with Gasteiger partial charge in [0.25, 0.3) is 0 Å². The number of carbonyl (C=O) groups is 1. The summed E-state index contributed by atoms with van der Waals surface area (Å²) in [5, 5.41) is 0. The lowest BCUT2D eigenvalue weighted by molar-refractivity contribution is -0.107. The second-order valence-corrected chi connectivity index (χ2v) is 3.48. The van der Waals surface area contributed by atoms with Gasteiger partial charge in [-0.3, -0.25) is 0 Å². The Morgan fingerprint density at radius 2 is 2.12 bits per heavy atom.